The van der Waals surface area contributed by atoms with Gasteiger partial charge < -0.3 is 9.80 Å². The third kappa shape index (κ3) is 7.08. The minimum Gasteiger partial charge on any atom is -0.337 e. The molecule has 0 aliphatic carbocycles. The van der Waals surface area contributed by atoms with E-state index in [9.17, 15) is 4.79 Å². The summed E-state index contributed by atoms with van der Waals surface area (Å²) in [5.41, 5.74) is 2.49. The van der Waals surface area contributed by atoms with Gasteiger partial charge in [0.05, 0.1) is 6.54 Å². The molecule has 1 aliphatic rings. The Labute approximate surface area is 160 Å². The second-order valence-electron chi connectivity index (χ2n) is 8.11. The average Bonchev–Trinajstić information content (AvgIpc) is 2.62. The van der Waals surface area contributed by atoms with E-state index in [0.717, 1.165) is 38.5 Å². The molecular formula is C22H37N3O. The molecule has 1 saturated heterocycles. The minimum absolute atomic E-state index is 0.277. The van der Waals surface area contributed by atoms with Crippen LogP contribution in [-0.2, 0) is 11.3 Å². The van der Waals surface area contributed by atoms with Gasteiger partial charge in [-0.15, -0.1) is 0 Å². The predicted molar refractivity (Wildman–Crippen MR) is 109 cm³/mol. The Morgan fingerprint density at radius 2 is 1.77 bits per heavy atom. The number of rotatable bonds is 9. The number of benzene rings is 1. The third-order valence-corrected chi connectivity index (χ3v) is 5.39. The molecule has 1 aromatic rings. The fraction of sp³-hybridized carbons (Fsp3) is 0.682. The summed E-state index contributed by atoms with van der Waals surface area (Å²) in [5, 5.41) is 0. The smallest absolute Gasteiger partial charge is 0.237 e. The summed E-state index contributed by atoms with van der Waals surface area (Å²) in [6, 6.07) is 8.54. The highest BCUT2D eigenvalue weighted by Gasteiger charge is 2.23. The van der Waals surface area contributed by atoms with Crippen molar-refractivity contribution in [3.63, 3.8) is 0 Å². The maximum absolute atomic E-state index is 12.8. The Morgan fingerprint density at radius 1 is 1.12 bits per heavy atom. The van der Waals surface area contributed by atoms with Crippen molar-refractivity contribution in [2.75, 3.05) is 46.8 Å². The van der Waals surface area contributed by atoms with Crippen LogP contribution in [0.25, 0.3) is 0 Å². The summed E-state index contributed by atoms with van der Waals surface area (Å²) in [4.78, 5) is 19.5. The number of hydrogen-bond donors (Lipinski definition) is 0. The van der Waals surface area contributed by atoms with Gasteiger partial charge in [-0.25, -0.2) is 0 Å². The molecule has 1 aliphatic heterocycles. The fourth-order valence-electron chi connectivity index (χ4n) is 3.64. The molecule has 4 nitrogen and oxygen atoms in total. The van der Waals surface area contributed by atoms with Crippen LogP contribution in [0.1, 0.15) is 43.7 Å². The van der Waals surface area contributed by atoms with Crippen LogP contribution in [0.2, 0.25) is 0 Å². The number of aryl methyl sites for hydroxylation is 1. The molecule has 26 heavy (non-hydrogen) atoms. The van der Waals surface area contributed by atoms with Gasteiger partial charge in [-0.1, -0.05) is 36.8 Å². The summed E-state index contributed by atoms with van der Waals surface area (Å²) in [5.74, 6) is 1.10. The van der Waals surface area contributed by atoms with Crippen LogP contribution < -0.4 is 0 Å². The molecule has 4 heteroatoms. The highest BCUT2D eigenvalue weighted by molar-refractivity contribution is 5.78. The standard InChI is InChI=1S/C22H37N3O/c1-5-13-25(17-21-8-6-19(2)7-9-21)22(26)18-24-15-11-20(12-16-24)10-14-23(3)4/h6-9,20H,5,10-18H2,1-4H3. The van der Waals surface area contributed by atoms with Gasteiger partial charge in [-0.05, 0) is 77.8 Å². The zero-order chi connectivity index (χ0) is 18.9. The number of nitrogens with zero attached hydrogens (tertiary/aromatic N) is 3. The Balaban J connectivity index is 1.81. The van der Waals surface area contributed by atoms with E-state index in [1.165, 1.54) is 36.9 Å². The van der Waals surface area contributed by atoms with Crippen LogP contribution >= 0.6 is 0 Å². The molecule has 0 atom stereocenters. The first-order valence-electron chi connectivity index (χ1n) is 10.2. The van der Waals surface area contributed by atoms with E-state index in [1.807, 2.05) is 4.90 Å². The van der Waals surface area contributed by atoms with E-state index < -0.39 is 0 Å². The van der Waals surface area contributed by atoms with Gasteiger partial charge in [-0.2, -0.15) is 0 Å². The van der Waals surface area contributed by atoms with Gasteiger partial charge in [0.1, 0.15) is 0 Å². The first kappa shape index (κ1) is 20.9. The van der Waals surface area contributed by atoms with Crippen molar-refractivity contribution < 1.29 is 4.79 Å². The van der Waals surface area contributed by atoms with Crippen molar-refractivity contribution in [2.24, 2.45) is 5.92 Å². The van der Waals surface area contributed by atoms with Crippen molar-refractivity contribution in [2.45, 2.75) is 46.1 Å². The van der Waals surface area contributed by atoms with Crippen LogP contribution in [-0.4, -0.2) is 67.4 Å². The second-order valence-corrected chi connectivity index (χ2v) is 8.11. The number of amides is 1. The maximum atomic E-state index is 12.8. The molecule has 146 valence electrons. The van der Waals surface area contributed by atoms with Crippen molar-refractivity contribution in [1.82, 2.24) is 14.7 Å². The lowest BCUT2D eigenvalue weighted by molar-refractivity contribution is -0.133. The van der Waals surface area contributed by atoms with E-state index in [2.05, 4.69) is 62.0 Å². The summed E-state index contributed by atoms with van der Waals surface area (Å²) in [7, 11) is 4.29. The Bertz CT molecular complexity index is 533. The van der Waals surface area contributed by atoms with E-state index in [1.54, 1.807) is 0 Å². The number of hydrogen-bond acceptors (Lipinski definition) is 3. The largest absolute Gasteiger partial charge is 0.337 e. The first-order chi connectivity index (χ1) is 12.5. The Hall–Kier alpha value is -1.39. The minimum atomic E-state index is 0.277. The van der Waals surface area contributed by atoms with Crippen molar-refractivity contribution in [3.05, 3.63) is 35.4 Å². The summed E-state index contributed by atoms with van der Waals surface area (Å²) in [6.07, 6.45) is 4.74. The van der Waals surface area contributed by atoms with Crippen LogP contribution in [0, 0.1) is 12.8 Å². The van der Waals surface area contributed by atoms with E-state index >= 15 is 0 Å². The molecule has 1 heterocycles. The molecule has 2 rings (SSSR count). The highest BCUT2D eigenvalue weighted by Crippen LogP contribution is 2.20. The zero-order valence-corrected chi connectivity index (χ0v) is 17.2. The third-order valence-electron chi connectivity index (χ3n) is 5.39. The van der Waals surface area contributed by atoms with E-state index in [-0.39, 0.29) is 5.91 Å². The topological polar surface area (TPSA) is 26.8 Å². The van der Waals surface area contributed by atoms with Crippen molar-refractivity contribution >= 4 is 5.91 Å². The number of carbonyl (C=O) groups excluding carboxylic acids is 1. The molecule has 0 spiro atoms. The van der Waals surface area contributed by atoms with Crippen LogP contribution in [0.4, 0.5) is 0 Å². The monoisotopic (exact) mass is 359 g/mol. The number of piperidine rings is 1. The van der Waals surface area contributed by atoms with E-state index in [0.29, 0.717) is 6.54 Å². The SMILES string of the molecule is CCCN(Cc1ccc(C)cc1)C(=O)CN1CCC(CCN(C)C)CC1. The second kappa shape index (κ2) is 10.7. The molecule has 0 unspecified atom stereocenters. The fourth-order valence-corrected chi connectivity index (χ4v) is 3.64. The Kier molecular flexibility index (Phi) is 8.60. The molecule has 0 saturated carbocycles. The molecule has 1 fully saturated rings. The highest BCUT2D eigenvalue weighted by atomic mass is 16.2. The van der Waals surface area contributed by atoms with Crippen molar-refractivity contribution in [3.8, 4) is 0 Å². The molecule has 0 N–H and O–H groups in total. The molecular weight excluding hydrogens is 322 g/mol. The van der Waals surface area contributed by atoms with Gasteiger partial charge in [-0.3, -0.25) is 9.69 Å². The normalized spacial score (nSPS) is 16.2. The van der Waals surface area contributed by atoms with Gasteiger partial charge >= 0.3 is 0 Å². The van der Waals surface area contributed by atoms with Crippen LogP contribution in [0.5, 0.6) is 0 Å². The van der Waals surface area contributed by atoms with Crippen LogP contribution in [0.3, 0.4) is 0 Å². The predicted octanol–water partition coefficient (Wildman–Crippen LogP) is 3.40. The number of carbonyl (C=O) groups is 1. The number of likely N-dealkylation sites (tertiary alicyclic amines) is 1. The lowest BCUT2D eigenvalue weighted by Gasteiger charge is -2.33. The molecule has 0 bridgehead atoms. The van der Waals surface area contributed by atoms with Gasteiger partial charge in [0, 0.05) is 13.1 Å². The van der Waals surface area contributed by atoms with Crippen LogP contribution in [0.15, 0.2) is 24.3 Å². The summed E-state index contributed by atoms with van der Waals surface area (Å²) in [6.45, 7) is 9.68. The molecule has 0 aromatic heterocycles. The quantitative estimate of drug-likeness (QED) is 0.676. The summed E-state index contributed by atoms with van der Waals surface area (Å²) < 4.78 is 0. The zero-order valence-electron chi connectivity index (χ0n) is 17.2. The first-order valence-corrected chi connectivity index (χ1v) is 10.2. The van der Waals surface area contributed by atoms with Gasteiger partial charge in [0.2, 0.25) is 5.91 Å². The Morgan fingerprint density at radius 3 is 2.35 bits per heavy atom. The van der Waals surface area contributed by atoms with Gasteiger partial charge in [0.15, 0.2) is 0 Å². The maximum Gasteiger partial charge on any atom is 0.237 e. The van der Waals surface area contributed by atoms with Crippen molar-refractivity contribution in [1.29, 1.82) is 0 Å². The molecule has 1 aromatic carbocycles. The molecule has 0 radical (unpaired) electrons. The lowest BCUT2D eigenvalue weighted by atomic mass is 9.93. The van der Waals surface area contributed by atoms with Gasteiger partial charge in [0.25, 0.3) is 0 Å². The molecule has 1 amide bonds. The average molecular weight is 360 g/mol. The van der Waals surface area contributed by atoms with E-state index in [4.69, 9.17) is 0 Å². The lowest BCUT2D eigenvalue weighted by Crippen LogP contribution is -2.43. The summed E-state index contributed by atoms with van der Waals surface area (Å²) >= 11 is 0.